The van der Waals surface area contributed by atoms with Crippen molar-refractivity contribution in [3.05, 3.63) is 125 Å². The van der Waals surface area contributed by atoms with Gasteiger partial charge in [0.1, 0.15) is 23.2 Å². The molecule has 0 radical (unpaired) electrons. The summed E-state index contributed by atoms with van der Waals surface area (Å²) in [6, 6.07) is 37.7. The van der Waals surface area contributed by atoms with Crippen LogP contribution in [0.1, 0.15) is 16.8 Å². The second kappa shape index (κ2) is 12.4. The van der Waals surface area contributed by atoms with E-state index in [0.29, 0.717) is 5.56 Å². The molecule has 0 saturated heterocycles. The molecule has 0 saturated carbocycles. The highest BCUT2D eigenvalue weighted by atomic mass is 79.9. The molecule has 0 heterocycles. The van der Waals surface area contributed by atoms with Crippen LogP contribution in [0.3, 0.4) is 0 Å². The summed E-state index contributed by atoms with van der Waals surface area (Å²) < 4.78 is 6.00. The van der Waals surface area contributed by atoms with Gasteiger partial charge in [-0.3, -0.25) is 9.59 Å². The maximum Gasteiger partial charge on any atom is 0.310 e. The van der Waals surface area contributed by atoms with Gasteiger partial charge in [0, 0.05) is 10.0 Å². The van der Waals surface area contributed by atoms with Gasteiger partial charge in [-0.15, -0.1) is 0 Å². The molecule has 0 bridgehead atoms. The first-order valence-electron chi connectivity index (χ1n) is 11.0. The molecule has 6 heteroatoms. The Bertz CT molecular complexity index is 1150. The maximum atomic E-state index is 14.3. The average molecular weight is 612 g/mol. The van der Waals surface area contributed by atoms with Crippen molar-refractivity contribution in [2.45, 2.75) is 12.1 Å². The van der Waals surface area contributed by atoms with Crippen LogP contribution in [0, 0.1) is 0 Å². The summed E-state index contributed by atoms with van der Waals surface area (Å²) in [5.41, 5.74) is -0.0578. The highest BCUT2D eigenvalue weighted by Gasteiger charge is 2.56. The molecule has 4 aromatic rings. The number of Topliss-reactive ketones (excluding diaryl/α,β-unsaturated/α-hetero) is 1. The maximum absolute atomic E-state index is 14.3. The molecule has 0 amide bonds. The minimum Gasteiger partial charge on any atom is -1.00 e. The van der Waals surface area contributed by atoms with Gasteiger partial charge in [-0.25, -0.2) is 0 Å². The Kier molecular flexibility index (Phi) is 9.56. The van der Waals surface area contributed by atoms with E-state index in [-0.39, 0.29) is 29.2 Å². The second-order valence-corrected chi connectivity index (χ2v) is 12.4. The van der Waals surface area contributed by atoms with E-state index < -0.39 is 18.9 Å². The van der Waals surface area contributed by atoms with Crippen LogP contribution in [0.15, 0.2) is 120 Å². The lowest BCUT2D eigenvalue weighted by Crippen LogP contribution is -3.00. The third kappa shape index (κ3) is 5.64. The van der Waals surface area contributed by atoms with Gasteiger partial charge in [-0.05, 0) is 48.5 Å². The summed E-state index contributed by atoms with van der Waals surface area (Å²) >= 11 is 3.45. The van der Waals surface area contributed by atoms with Gasteiger partial charge in [0.05, 0.1) is 13.5 Å². The molecule has 0 aliphatic carbocycles. The molecule has 178 valence electrons. The number of ether oxygens (including phenoxy) is 1. The van der Waals surface area contributed by atoms with E-state index in [1.807, 2.05) is 78.9 Å². The van der Waals surface area contributed by atoms with Crippen LogP contribution >= 0.6 is 23.2 Å². The zero-order valence-electron chi connectivity index (χ0n) is 19.2. The molecule has 0 spiro atoms. The molecule has 3 nitrogen and oxygen atoms in total. The van der Waals surface area contributed by atoms with Gasteiger partial charge in [0.15, 0.2) is 5.66 Å². The fraction of sp³-hybridized carbons (Fsp3) is 0.103. The predicted octanol–water partition coefficient (Wildman–Crippen LogP) is 2.56. The van der Waals surface area contributed by atoms with Crippen molar-refractivity contribution < 1.29 is 31.3 Å². The average Bonchev–Trinajstić information content (AvgIpc) is 2.90. The van der Waals surface area contributed by atoms with Gasteiger partial charge >= 0.3 is 5.97 Å². The standard InChI is InChI=1S/C29H25BrO3P.BrH/c1-33-28(31)21-27(29(32)22-17-19-23(30)20-18-22)34(24-11-5-2-6-12-24,25-13-7-3-8-14-25)26-15-9-4-10-16-26;/h2-20,27H,21H2,1H3;1H/q+1;/p-1. The molecular formula is C29H25Br2O3P. The Hall–Kier alpha value is -2.59. The molecule has 4 aromatic carbocycles. The number of carbonyl (C=O) groups excluding carboxylic acids is 2. The van der Waals surface area contributed by atoms with E-state index in [0.717, 1.165) is 20.4 Å². The van der Waals surface area contributed by atoms with Crippen molar-refractivity contribution in [1.29, 1.82) is 0 Å². The summed E-state index contributed by atoms with van der Waals surface area (Å²) in [6.45, 7) is 0. The zero-order valence-corrected chi connectivity index (χ0v) is 23.2. The number of carbonyl (C=O) groups is 2. The van der Waals surface area contributed by atoms with Gasteiger partial charge in [0.25, 0.3) is 0 Å². The zero-order chi connectivity index (χ0) is 24.0. The fourth-order valence-corrected chi connectivity index (χ4v) is 9.52. The van der Waals surface area contributed by atoms with Crippen LogP contribution in [-0.4, -0.2) is 24.5 Å². The molecular weight excluding hydrogens is 587 g/mol. The Morgan fingerprint density at radius 1 is 0.714 bits per heavy atom. The SMILES string of the molecule is COC(=O)CC(C(=O)c1ccc(Br)cc1)[P+](c1ccccc1)(c1ccccc1)c1ccccc1.[Br-]. The number of ketones is 1. The van der Waals surface area contributed by atoms with E-state index in [4.69, 9.17) is 4.74 Å². The predicted molar refractivity (Wildman–Crippen MR) is 144 cm³/mol. The van der Waals surface area contributed by atoms with E-state index >= 15 is 0 Å². The number of esters is 1. The second-order valence-electron chi connectivity index (χ2n) is 7.90. The van der Waals surface area contributed by atoms with Gasteiger partial charge < -0.3 is 21.7 Å². The largest absolute Gasteiger partial charge is 1.00 e. The molecule has 4 rings (SSSR count). The molecule has 1 atom stereocenters. The minimum atomic E-state index is -2.63. The van der Waals surface area contributed by atoms with Gasteiger partial charge in [-0.1, -0.05) is 82.7 Å². The highest BCUT2D eigenvalue weighted by molar-refractivity contribution is 9.10. The third-order valence-corrected chi connectivity index (χ3v) is 11.2. The van der Waals surface area contributed by atoms with Crippen molar-refractivity contribution in [3.8, 4) is 0 Å². The van der Waals surface area contributed by atoms with Crippen molar-refractivity contribution >= 4 is 50.9 Å². The fourth-order valence-electron chi connectivity index (χ4n) is 4.43. The van der Waals surface area contributed by atoms with Crippen LogP contribution in [0.4, 0.5) is 0 Å². The van der Waals surface area contributed by atoms with E-state index in [2.05, 4.69) is 52.3 Å². The van der Waals surface area contributed by atoms with Crippen LogP contribution < -0.4 is 32.9 Å². The van der Waals surface area contributed by atoms with E-state index in [1.165, 1.54) is 7.11 Å². The summed E-state index contributed by atoms with van der Waals surface area (Å²) in [4.78, 5) is 27.1. The lowest BCUT2D eigenvalue weighted by Gasteiger charge is -2.33. The monoisotopic (exact) mass is 610 g/mol. The van der Waals surface area contributed by atoms with Gasteiger partial charge in [-0.2, -0.15) is 0 Å². The first kappa shape index (κ1) is 27.0. The number of methoxy groups -OCH3 is 1. The summed E-state index contributed by atoms with van der Waals surface area (Å²) in [6.07, 6.45) is -0.0160. The quantitative estimate of drug-likeness (QED) is 0.175. The minimum absolute atomic E-state index is 0. The lowest BCUT2D eigenvalue weighted by molar-refractivity contribution is -0.140. The Morgan fingerprint density at radius 2 is 1.11 bits per heavy atom. The van der Waals surface area contributed by atoms with Crippen LogP contribution in [0.2, 0.25) is 0 Å². The number of hydrogen-bond donors (Lipinski definition) is 0. The Morgan fingerprint density at radius 3 is 1.49 bits per heavy atom. The molecule has 35 heavy (non-hydrogen) atoms. The van der Waals surface area contributed by atoms with Crippen LogP contribution in [-0.2, 0) is 9.53 Å². The number of benzene rings is 4. The Balaban J connectivity index is 0.00000342. The molecule has 0 aliphatic rings. The van der Waals surface area contributed by atoms with E-state index in [1.54, 1.807) is 0 Å². The van der Waals surface area contributed by atoms with Crippen molar-refractivity contribution in [1.82, 2.24) is 0 Å². The smallest absolute Gasteiger partial charge is 0.310 e. The summed E-state index contributed by atoms with van der Waals surface area (Å²) in [7, 11) is -1.25. The lowest BCUT2D eigenvalue weighted by atomic mass is 10.1. The highest BCUT2D eigenvalue weighted by Crippen LogP contribution is 2.61. The summed E-state index contributed by atoms with van der Waals surface area (Å²) in [5, 5.41) is 3.14. The first-order chi connectivity index (χ1) is 16.6. The van der Waals surface area contributed by atoms with Crippen LogP contribution in [0.5, 0.6) is 0 Å². The number of hydrogen-bond acceptors (Lipinski definition) is 3. The molecule has 0 fully saturated rings. The third-order valence-electron chi connectivity index (χ3n) is 5.98. The van der Waals surface area contributed by atoms with Crippen molar-refractivity contribution in [2.24, 2.45) is 0 Å². The van der Waals surface area contributed by atoms with Gasteiger partial charge in [0.2, 0.25) is 5.78 Å². The van der Waals surface area contributed by atoms with Crippen LogP contribution in [0.25, 0.3) is 0 Å². The first-order valence-corrected chi connectivity index (χ1v) is 13.6. The molecule has 0 aromatic heterocycles. The number of rotatable bonds is 8. The van der Waals surface area contributed by atoms with E-state index in [9.17, 15) is 9.59 Å². The Labute approximate surface area is 225 Å². The summed E-state index contributed by atoms with van der Waals surface area (Å²) in [5.74, 6) is -0.467. The topological polar surface area (TPSA) is 43.4 Å². The molecule has 0 N–H and O–H groups in total. The van der Waals surface area contributed by atoms with Crippen molar-refractivity contribution in [2.75, 3.05) is 7.11 Å². The molecule has 0 aliphatic heterocycles. The normalized spacial score (nSPS) is 11.7. The molecule has 1 unspecified atom stereocenters. The number of halogens is 2. The van der Waals surface area contributed by atoms with Crippen molar-refractivity contribution in [3.63, 3.8) is 0 Å².